The number of nitrogens with one attached hydrogen (secondary N) is 1. The fraction of sp³-hybridized carbons (Fsp3) is 0.846. The average Bonchev–Trinajstić information content (AvgIpc) is 2.79. The van der Waals surface area contributed by atoms with Crippen LogP contribution in [0.25, 0.3) is 0 Å². The first-order valence-electron chi connectivity index (χ1n) is 7.09. The van der Waals surface area contributed by atoms with Crippen molar-refractivity contribution in [3.05, 3.63) is 12.2 Å². The smallest absolute Gasteiger partial charge is 0.140 e. The zero-order valence-corrected chi connectivity index (χ0v) is 13.7. The number of hydrogen-bond donors (Lipinski definition) is 1. The fourth-order valence-corrected chi connectivity index (χ4v) is 3.47. The molecule has 116 valence electrons. The van der Waals surface area contributed by atoms with E-state index < -0.39 is 0 Å². The van der Waals surface area contributed by atoms with Gasteiger partial charge in [0.15, 0.2) is 0 Å². The summed E-state index contributed by atoms with van der Waals surface area (Å²) >= 11 is 0. The average molecular weight is 322 g/mol. The summed E-state index contributed by atoms with van der Waals surface area (Å²) in [4.78, 5) is 7.02. The first-order valence-corrected chi connectivity index (χ1v) is 7.09. The Kier molecular flexibility index (Phi) is 6.72. The quantitative estimate of drug-likeness (QED) is 0.901. The van der Waals surface area contributed by atoms with Gasteiger partial charge in [0.05, 0.1) is 6.54 Å². The summed E-state index contributed by atoms with van der Waals surface area (Å²) in [6.07, 6.45) is 8.47. The van der Waals surface area contributed by atoms with Crippen molar-refractivity contribution in [3.63, 3.8) is 0 Å². The lowest BCUT2D eigenvalue weighted by Gasteiger charge is -2.49. The summed E-state index contributed by atoms with van der Waals surface area (Å²) in [6.45, 7) is 4.31. The molecule has 20 heavy (non-hydrogen) atoms. The van der Waals surface area contributed by atoms with Gasteiger partial charge in [0.25, 0.3) is 0 Å². The van der Waals surface area contributed by atoms with Crippen LogP contribution in [0.1, 0.15) is 37.9 Å². The van der Waals surface area contributed by atoms with Crippen molar-refractivity contribution >= 4 is 24.8 Å². The summed E-state index contributed by atoms with van der Waals surface area (Å²) < 4.78 is 1.90. The maximum atomic E-state index is 4.38. The Morgan fingerprint density at radius 3 is 2.65 bits per heavy atom. The Bertz CT molecular complexity index is 395. The molecule has 1 aliphatic carbocycles. The molecule has 1 saturated heterocycles. The van der Waals surface area contributed by atoms with Crippen LogP contribution < -0.4 is 5.32 Å². The first kappa shape index (κ1) is 17.7. The number of nitrogens with zero attached hydrogens (tertiary/aromatic N) is 4. The van der Waals surface area contributed by atoms with E-state index >= 15 is 0 Å². The molecular weight excluding hydrogens is 297 g/mol. The first-order chi connectivity index (χ1) is 8.80. The molecule has 1 saturated carbocycles. The van der Waals surface area contributed by atoms with Gasteiger partial charge >= 0.3 is 0 Å². The van der Waals surface area contributed by atoms with Crippen LogP contribution in [0.3, 0.4) is 0 Å². The molecule has 7 heteroatoms. The van der Waals surface area contributed by atoms with Gasteiger partial charge in [0.2, 0.25) is 0 Å². The van der Waals surface area contributed by atoms with Gasteiger partial charge in [-0.3, -0.25) is 9.58 Å². The number of aryl methyl sites for hydroxylation is 1. The molecule has 3 rings (SSSR count). The van der Waals surface area contributed by atoms with Crippen molar-refractivity contribution in [1.82, 2.24) is 25.0 Å². The molecule has 1 aliphatic heterocycles. The minimum absolute atomic E-state index is 0. The standard InChI is InChI=1S/C13H23N5.2ClH/c1-17-12(15-11-16-17)9-18-8-7-14-10-13(18)5-3-2-4-6-13;;/h11,14H,2-10H2,1H3;2*1H. The van der Waals surface area contributed by atoms with E-state index in [1.54, 1.807) is 6.33 Å². The Morgan fingerprint density at radius 2 is 2.00 bits per heavy atom. The van der Waals surface area contributed by atoms with Crippen LogP contribution in [0.15, 0.2) is 6.33 Å². The maximum Gasteiger partial charge on any atom is 0.140 e. The van der Waals surface area contributed by atoms with Gasteiger partial charge in [0, 0.05) is 32.2 Å². The molecule has 1 spiro atoms. The molecule has 2 fully saturated rings. The number of aromatic nitrogens is 3. The van der Waals surface area contributed by atoms with E-state index in [0.29, 0.717) is 5.54 Å². The van der Waals surface area contributed by atoms with E-state index in [1.165, 1.54) is 32.1 Å². The minimum Gasteiger partial charge on any atom is -0.314 e. The predicted octanol–water partition coefficient (Wildman–Crippen LogP) is 1.77. The minimum atomic E-state index is 0. The van der Waals surface area contributed by atoms with Crippen molar-refractivity contribution in [3.8, 4) is 0 Å². The predicted molar refractivity (Wildman–Crippen MR) is 84.6 cm³/mol. The molecule has 1 N–H and O–H groups in total. The molecule has 2 aliphatic rings. The highest BCUT2D eigenvalue weighted by atomic mass is 35.5. The molecular formula is C13H25Cl2N5. The summed E-state index contributed by atoms with van der Waals surface area (Å²) in [6, 6.07) is 0. The Balaban J connectivity index is 0.000001000. The van der Waals surface area contributed by atoms with E-state index in [4.69, 9.17) is 0 Å². The van der Waals surface area contributed by atoms with Gasteiger partial charge in [-0.2, -0.15) is 5.10 Å². The fourth-order valence-electron chi connectivity index (χ4n) is 3.47. The summed E-state index contributed by atoms with van der Waals surface area (Å²) in [5.41, 5.74) is 0.377. The van der Waals surface area contributed by atoms with Gasteiger partial charge < -0.3 is 5.32 Å². The summed E-state index contributed by atoms with van der Waals surface area (Å²) in [7, 11) is 1.98. The van der Waals surface area contributed by atoms with Crippen LogP contribution in [-0.2, 0) is 13.6 Å². The van der Waals surface area contributed by atoms with Gasteiger partial charge in [-0.15, -0.1) is 24.8 Å². The molecule has 0 radical (unpaired) electrons. The molecule has 0 atom stereocenters. The Hall–Kier alpha value is -0.360. The highest BCUT2D eigenvalue weighted by Gasteiger charge is 2.39. The third-order valence-electron chi connectivity index (χ3n) is 4.61. The van der Waals surface area contributed by atoms with E-state index in [2.05, 4.69) is 20.3 Å². The number of hydrogen-bond acceptors (Lipinski definition) is 4. The zero-order valence-electron chi connectivity index (χ0n) is 12.0. The topological polar surface area (TPSA) is 46.0 Å². The van der Waals surface area contributed by atoms with Crippen LogP contribution in [0.2, 0.25) is 0 Å². The van der Waals surface area contributed by atoms with E-state index in [-0.39, 0.29) is 24.8 Å². The number of piperazine rings is 1. The highest BCUT2D eigenvalue weighted by molar-refractivity contribution is 5.85. The molecule has 2 heterocycles. The van der Waals surface area contributed by atoms with Crippen LogP contribution >= 0.6 is 24.8 Å². The highest BCUT2D eigenvalue weighted by Crippen LogP contribution is 2.35. The second kappa shape index (κ2) is 7.59. The Labute approximate surface area is 133 Å². The van der Waals surface area contributed by atoms with Crippen molar-refractivity contribution in [1.29, 1.82) is 0 Å². The molecule has 0 amide bonds. The Morgan fingerprint density at radius 1 is 1.25 bits per heavy atom. The summed E-state index contributed by atoms with van der Waals surface area (Å²) in [5, 5.41) is 7.76. The van der Waals surface area contributed by atoms with Gasteiger partial charge in [-0.25, -0.2) is 4.98 Å². The van der Waals surface area contributed by atoms with Crippen LogP contribution in [-0.4, -0.2) is 44.8 Å². The SMILES string of the molecule is Cl.Cl.Cn1ncnc1CN1CCNCC12CCCCC2. The zero-order chi connectivity index (χ0) is 12.4. The lowest BCUT2D eigenvalue weighted by molar-refractivity contribution is 0.0181. The lowest BCUT2D eigenvalue weighted by Crippen LogP contribution is -2.61. The number of rotatable bonds is 2. The summed E-state index contributed by atoms with van der Waals surface area (Å²) in [5.74, 6) is 1.09. The van der Waals surface area contributed by atoms with Gasteiger partial charge in [-0.05, 0) is 12.8 Å². The maximum absolute atomic E-state index is 4.38. The second-order valence-electron chi connectivity index (χ2n) is 5.68. The van der Waals surface area contributed by atoms with Crippen molar-refractivity contribution < 1.29 is 0 Å². The van der Waals surface area contributed by atoms with Crippen LogP contribution in [0, 0.1) is 0 Å². The van der Waals surface area contributed by atoms with E-state index in [1.807, 2.05) is 11.7 Å². The monoisotopic (exact) mass is 321 g/mol. The van der Waals surface area contributed by atoms with E-state index in [9.17, 15) is 0 Å². The largest absolute Gasteiger partial charge is 0.314 e. The molecule has 1 aromatic heterocycles. The van der Waals surface area contributed by atoms with Gasteiger partial charge in [0.1, 0.15) is 12.2 Å². The van der Waals surface area contributed by atoms with Crippen LogP contribution in [0.5, 0.6) is 0 Å². The number of halogens is 2. The molecule has 0 unspecified atom stereocenters. The second-order valence-corrected chi connectivity index (χ2v) is 5.68. The molecule has 5 nitrogen and oxygen atoms in total. The van der Waals surface area contributed by atoms with Crippen LogP contribution in [0.4, 0.5) is 0 Å². The van der Waals surface area contributed by atoms with Gasteiger partial charge in [-0.1, -0.05) is 19.3 Å². The van der Waals surface area contributed by atoms with E-state index in [0.717, 1.165) is 32.0 Å². The molecule has 1 aromatic rings. The van der Waals surface area contributed by atoms with Crippen molar-refractivity contribution in [2.75, 3.05) is 19.6 Å². The molecule has 0 aromatic carbocycles. The third kappa shape index (κ3) is 3.45. The third-order valence-corrected chi connectivity index (χ3v) is 4.61. The van der Waals surface area contributed by atoms with Crippen molar-refractivity contribution in [2.45, 2.75) is 44.2 Å². The normalized spacial score (nSPS) is 22.1. The lowest BCUT2D eigenvalue weighted by atomic mass is 9.79. The molecule has 0 bridgehead atoms. The van der Waals surface area contributed by atoms with Crippen molar-refractivity contribution in [2.24, 2.45) is 7.05 Å².